The van der Waals surface area contributed by atoms with Gasteiger partial charge >= 0.3 is 5.97 Å². The predicted octanol–water partition coefficient (Wildman–Crippen LogP) is 1.29. The Morgan fingerprint density at radius 2 is 2.24 bits per heavy atom. The molecule has 0 saturated carbocycles. The minimum atomic E-state index is -3.35. The van der Waals surface area contributed by atoms with Crippen molar-refractivity contribution in [2.75, 3.05) is 18.1 Å². The van der Waals surface area contributed by atoms with Crippen LogP contribution in [-0.4, -0.2) is 42.3 Å². The van der Waals surface area contributed by atoms with Gasteiger partial charge in [-0.1, -0.05) is 0 Å². The molecule has 0 spiro atoms. The van der Waals surface area contributed by atoms with Gasteiger partial charge in [-0.15, -0.1) is 11.3 Å². The van der Waals surface area contributed by atoms with Crippen LogP contribution in [0.4, 0.5) is 5.82 Å². The molecule has 0 atom stereocenters. The highest BCUT2D eigenvalue weighted by Gasteiger charge is 2.14. The minimum Gasteiger partial charge on any atom is -0.476 e. The summed E-state index contributed by atoms with van der Waals surface area (Å²) in [6.45, 7) is 0.409. The second-order valence-electron chi connectivity index (χ2n) is 4.23. The van der Waals surface area contributed by atoms with Gasteiger partial charge in [-0.05, 0) is 12.1 Å². The first kappa shape index (κ1) is 15.4. The number of aromatic nitrogens is 2. The lowest BCUT2D eigenvalue weighted by atomic mass is 10.4. The van der Waals surface area contributed by atoms with Crippen LogP contribution in [0, 0.1) is 0 Å². The molecule has 9 heteroatoms. The number of sulfone groups is 1. The van der Waals surface area contributed by atoms with Crippen LogP contribution in [0.3, 0.4) is 0 Å². The molecule has 0 aliphatic rings. The maximum Gasteiger partial charge on any atom is 0.355 e. The van der Waals surface area contributed by atoms with E-state index in [1.54, 1.807) is 6.07 Å². The van der Waals surface area contributed by atoms with E-state index in [4.69, 9.17) is 5.11 Å². The zero-order valence-electron chi connectivity index (χ0n) is 11.1. The third kappa shape index (κ3) is 3.99. The first-order valence-electron chi connectivity index (χ1n) is 5.94. The molecule has 2 rings (SSSR count). The number of carboxylic acid groups (broad SMARTS) is 1. The van der Waals surface area contributed by atoms with Crippen molar-refractivity contribution in [1.29, 1.82) is 0 Å². The Morgan fingerprint density at radius 1 is 1.48 bits per heavy atom. The third-order valence-electron chi connectivity index (χ3n) is 2.57. The van der Waals surface area contributed by atoms with E-state index >= 15 is 0 Å². The Balaban J connectivity index is 2.02. The molecule has 7 nitrogen and oxygen atoms in total. The van der Waals surface area contributed by atoms with Gasteiger partial charge in [0.25, 0.3) is 0 Å². The molecule has 0 radical (unpaired) electrons. The largest absolute Gasteiger partial charge is 0.476 e. The lowest BCUT2D eigenvalue weighted by molar-refractivity contribution is 0.0691. The second-order valence-corrected chi connectivity index (χ2v) is 7.16. The van der Waals surface area contributed by atoms with Crippen molar-refractivity contribution in [2.24, 2.45) is 0 Å². The molecule has 0 saturated heterocycles. The first-order valence-corrected chi connectivity index (χ1v) is 8.71. The molecular formula is C12H13N3O4S2. The number of hydrogen-bond acceptors (Lipinski definition) is 7. The van der Waals surface area contributed by atoms with E-state index in [1.807, 2.05) is 0 Å². The molecule has 21 heavy (non-hydrogen) atoms. The van der Waals surface area contributed by atoms with E-state index in [9.17, 15) is 13.2 Å². The van der Waals surface area contributed by atoms with Gasteiger partial charge in [0.2, 0.25) is 0 Å². The molecule has 0 amide bonds. The number of thiazole rings is 1. The lowest BCUT2D eigenvalue weighted by Gasteiger charge is -2.08. The average molecular weight is 327 g/mol. The summed E-state index contributed by atoms with van der Waals surface area (Å²) >= 11 is 1.25. The van der Waals surface area contributed by atoms with Crippen molar-refractivity contribution in [2.45, 2.75) is 11.3 Å². The maximum atomic E-state index is 11.6. The number of nitrogens with zero attached hydrogens (tertiary/aromatic N) is 2. The molecule has 112 valence electrons. The van der Waals surface area contributed by atoms with E-state index < -0.39 is 15.8 Å². The summed E-state index contributed by atoms with van der Waals surface area (Å²) in [5, 5.41) is 13.9. The van der Waals surface area contributed by atoms with Crippen LogP contribution in [-0.2, 0) is 16.3 Å². The Labute approximate surface area is 125 Å². The Hall–Kier alpha value is -2.00. The van der Waals surface area contributed by atoms with E-state index in [0.717, 1.165) is 6.26 Å². The Bertz CT molecular complexity index is 755. The van der Waals surface area contributed by atoms with Crippen molar-refractivity contribution in [3.05, 3.63) is 34.4 Å². The standard InChI is InChI=1S/C12H13N3O4S2/c1-21(18,19)9-3-2-5-13-11(9)14-6-4-10-15-8(7-20-10)12(16)17/h2-3,5,7H,4,6H2,1H3,(H,13,14)(H,16,17). The van der Waals surface area contributed by atoms with Gasteiger partial charge in [0.05, 0.1) is 5.01 Å². The van der Waals surface area contributed by atoms with Gasteiger partial charge in [-0.25, -0.2) is 23.2 Å². The van der Waals surface area contributed by atoms with Crippen LogP contribution < -0.4 is 5.32 Å². The number of carboxylic acids is 1. The van der Waals surface area contributed by atoms with Crippen LogP contribution in [0.5, 0.6) is 0 Å². The average Bonchev–Trinajstić information content (AvgIpc) is 2.87. The molecule has 2 aromatic heterocycles. The summed E-state index contributed by atoms with van der Waals surface area (Å²) < 4.78 is 23.2. The summed E-state index contributed by atoms with van der Waals surface area (Å²) in [4.78, 5) is 18.8. The Morgan fingerprint density at radius 3 is 2.86 bits per heavy atom. The highest BCUT2D eigenvalue weighted by molar-refractivity contribution is 7.90. The van der Waals surface area contributed by atoms with Crippen molar-refractivity contribution in [3.63, 3.8) is 0 Å². The monoisotopic (exact) mass is 327 g/mol. The summed E-state index contributed by atoms with van der Waals surface area (Å²) in [5.74, 6) is -0.774. The quantitative estimate of drug-likeness (QED) is 0.822. The van der Waals surface area contributed by atoms with Crippen molar-refractivity contribution in [1.82, 2.24) is 9.97 Å². The summed E-state index contributed by atoms with van der Waals surface area (Å²) in [6, 6.07) is 3.04. The molecule has 0 aliphatic heterocycles. The number of pyridine rings is 1. The molecule has 0 fully saturated rings. The van der Waals surface area contributed by atoms with E-state index in [2.05, 4.69) is 15.3 Å². The highest BCUT2D eigenvalue weighted by Crippen LogP contribution is 2.18. The smallest absolute Gasteiger partial charge is 0.355 e. The summed E-state index contributed by atoms with van der Waals surface area (Å²) in [6.07, 6.45) is 3.11. The van der Waals surface area contributed by atoms with Crippen molar-refractivity contribution in [3.8, 4) is 0 Å². The van der Waals surface area contributed by atoms with E-state index in [0.29, 0.717) is 18.0 Å². The second kappa shape index (κ2) is 6.19. The molecule has 0 unspecified atom stereocenters. The number of nitrogens with one attached hydrogen (secondary N) is 1. The SMILES string of the molecule is CS(=O)(=O)c1cccnc1NCCc1nc(C(=O)O)cs1. The van der Waals surface area contributed by atoms with E-state index in [1.165, 1.54) is 29.0 Å². The fraction of sp³-hybridized carbons (Fsp3) is 0.250. The van der Waals surface area contributed by atoms with Crippen LogP contribution >= 0.6 is 11.3 Å². The summed E-state index contributed by atoms with van der Waals surface area (Å²) in [7, 11) is -3.35. The lowest BCUT2D eigenvalue weighted by Crippen LogP contribution is -2.10. The van der Waals surface area contributed by atoms with Crippen LogP contribution in [0.2, 0.25) is 0 Å². The molecule has 2 heterocycles. The van der Waals surface area contributed by atoms with Gasteiger partial charge in [-0.3, -0.25) is 0 Å². The highest BCUT2D eigenvalue weighted by atomic mass is 32.2. The fourth-order valence-electron chi connectivity index (χ4n) is 1.63. The fourth-order valence-corrected chi connectivity index (χ4v) is 3.21. The molecule has 2 N–H and O–H groups in total. The Kier molecular flexibility index (Phi) is 4.53. The van der Waals surface area contributed by atoms with Crippen LogP contribution in [0.1, 0.15) is 15.5 Å². The van der Waals surface area contributed by atoms with Crippen LogP contribution in [0.25, 0.3) is 0 Å². The number of hydrogen-bond donors (Lipinski definition) is 2. The van der Waals surface area contributed by atoms with E-state index in [-0.39, 0.29) is 16.4 Å². The zero-order chi connectivity index (χ0) is 15.5. The first-order chi connectivity index (χ1) is 9.88. The minimum absolute atomic E-state index is 0.0182. The number of anilines is 1. The van der Waals surface area contributed by atoms with Gasteiger partial charge in [-0.2, -0.15) is 0 Å². The van der Waals surface area contributed by atoms with Gasteiger partial charge < -0.3 is 10.4 Å². The number of carbonyl (C=O) groups is 1. The normalized spacial score (nSPS) is 11.3. The number of aromatic carboxylic acids is 1. The molecule has 0 bridgehead atoms. The predicted molar refractivity (Wildman–Crippen MR) is 78.6 cm³/mol. The maximum absolute atomic E-state index is 11.6. The zero-order valence-corrected chi connectivity index (χ0v) is 12.7. The van der Waals surface area contributed by atoms with Gasteiger partial charge in [0.1, 0.15) is 10.7 Å². The third-order valence-corrected chi connectivity index (χ3v) is 4.61. The number of rotatable bonds is 6. The van der Waals surface area contributed by atoms with Crippen molar-refractivity contribution >= 4 is 33.0 Å². The van der Waals surface area contributed by atoms with Gasteiger partial charge in [0.15, 0.2) is 15.5 Å². The van der Waals surface area contributed by atoms with Crippen LogP contribution in [0.15, 0.2) is 28.6 Å². The molecule has 2 aromatic rings. The molecular weight excluding hydrogens is 314 g/mol. The van der Waals surface area contributed by atoms with Crippen molar-refractivity contribution < 1.29 is 18.3 Å². The topological polar surface area (TPSA) is 109 Å². The summed E-state index contributed by atoms with van der Waals surface area (Å²) in [5.41, 5.74) is 0.0182. The molecule has 0 aromatic carbocycles. The van der Waals surface area contributed by atoms with Gasteiger partial charge in [0, 0.05) is 30.8 Å². The molecule has 0 aliphatic carbocycles.